The molecule has 16 heavy (non-hydrogen) atoms. The van der Waals surface area contributed by atoms with E-state index in [2.05, 4.69) is 10.4 Å². The Morgan fingerprint density at radius 1 is 1.50 bits per heavy atom. The SMILES string of the molecule is Nc1ccnc(C(=O)NN2CCOCC2)c1. The molecule has 1 fully saturated rings. The molecule has 2 heterocycles. The normalized spacial score (nSPS) is 17.0. The van der Waals surface area contributed by atoms with E-state index >= 15 is 0 Å². The van der Waals surface area contributed by atoms with Crippen LogP contribution in [-0.4, -0.2) is 42.2 Å². The van der Waals surface area contributed by atoms with Gasteiger partial charge in [-0.15, -0.1) is 0 Å². The first-order valence-electron chi connectivity index (χ1n) is 5.11. The second-order valence-corrected chi connectivity index (χ2v) is 3.51. The number of carbonyl (C=O) groups excluding carboxylic acids is 1. The van der Waals surface area contributed by atoms with Gasteiger partial charge in [-0.05, 0) is 12.1 Å². The summed E-state index contributed by atoms with van der Waals surface area (Å²) >= 11 is 0. The summed E-state index contributed by atoms with van der Waals surface area (Å²) in [6.45, 7) is 2.64. The molecular formula is C10H14N4O2. The lowest BCUT2D eigenvalue weighted by Crippen LogP contribution is -2.48. The summed E-state index contributed by atoms with van der Waals surface area (Å²) in [6.07, 6.45) is 1.52. The molecule has 1 amide bonds. The van der Waals surface area contributed by atoms with Gasteiger partial charge in [-0.1, -0.05) is 0 Å². The van der Waals surface area contributed by atoms with E-state index in [1.807, 2.05) is 5.01 Å². The summed E-state index contributed by atoms with van der Waals surface area (Å²) in [5.41, 5.74) is 9.19. The summed E-state index contributed by atoms with van der Waals surface area (Å²) in [6, 6.07) is 3.20. The second kappa shape index (κ2) is 4.91. The van der Waals surface area contributed by atoms with Crippen LogP contribution in [0, 0.1) is 0 Å². The van der Waals surface area contributed by atoms with Crippen LogP contribution in [0.3, 0.4) is 0 Å². The smallest absolute Gasteiger partial charge is 0.284 e. The topological polar surface area (TPSA) is 80.5 Å². The highest BCUT2D eigenvalue weighted by molar-refractivity contribution is 5.92. The van der Waals surface area contributed by atoms with Gasteiger partial charge >= 0.3 is 0 Å². The van der Waals surface area contributed by atoms with Gasteiger partial charge in [-0.2, -0.15) is 0 Å². The third-order valence-electron chi connectivity index (χ3n) is 2.29. The number of morpholine rings is 1. The molecular weight excluding hydrogens is 208 g/mol. The summed E-state index contributed by atoms with van der Waals surface area (Å²) in [5.74, 6) is -0.241. The van der Waals surface area contributed by atoms with Crippen LogP contribution in [-0.2, 0) is 4.74 Å². The van der Waals surface area contributed by atoms with Crippen molar-refractivity contribution in [1.82, 2.24) is 15.4 Å². The average molecular weight is 222 g/mol. The highest BCUT2D eigenvalue weighted by Gasteiger charge is 2.14. The number of hydrogen-bond donors (Lipinski definition) is 2. The minimum absolute atomic E-state index is 0.241. The van der Waals surface area contributed by atoms with E-state index in [0.717, 1.165) is 0 Å². The number of nitrogen functional groups attached to an aromatic ring is 1. The molecule has 86 valence electrons. The van der Waals surface area contributed by atoms with Crippen molar-refractivity contribution < 1.29 is 9.53 Å². The fraction of sp³-hybridized carbons (Fsp3) is 0.400. The first kappa shape index (κ1) is 10.8. The molecule has 1 aliphatic rings. The average Bonchev–Trinajstić information content (AvgIpc) is 2.30. The predicted molar refractivity (Wildman–Crippen MR) is 58.5 cm³/mol. The molecule has 1 aliphatic heterocycles. The number of hydrazine groups is 1. The van der Waals surface area contributed by atoms with Crippen LogP contribution in [0.4, 0.5) is 5.69 Å². The zero-order valence-corrected chi connectivity index (χ0v) is 8.85. The summed E-state index contributed by atoms with van der Waals surface area (Å²) in [5, 5.41) is 1.82. The van der Waals surface area contributed by atoms with Crippen molar-refractivity contribution in [2.75, 3.05) is 32.0 Å². The number of nitrogens with two attached hydrogens (primary N) is 1. The molecule has 1 aromatic rings. The van der Waals surface area contributed by atoms with Crippen molar-refractivity contribution in [2.45, 2.75) is 0 Å². The van der Waals surface area contributed by atoms with Gasteiger partial charge in [-0.25, -0.2) is 5.01 Å². The molecule has 3 N–H and O–H groups in total. The molecule has 6 heteroatoms. The number of hydrogen-bond acceptors (Lipinski definition) is 5. The maximum absolute atomic E-state index is 11.8. The largest absolute Gasteiger partial charge is 0.399 e. The molecule has 0 bridgehead atoms. The van der Waals surface area contributed by atoms with Crippen molar-refractivity contribution in [3.8, 4) is 0 Å². The van der Waals surface area contributed by atoms with Gasteiger partial charge < -0.3 is 10.5 Å². The maximum atomic E-state index is 11.8. The number of anilines is 1. The van der Waals surface area contributed by atoms with E-state index in [1.165, 1.54) is 6.20 Å². The number of pyridine rings is 1. The number of carbonyl (C=O) groups is 1. The van der Waals surface area contributed by atoms with Crippen LogP contribution >= 0.6 is 0 Å². The van der Waals surface area contributed by atoms with Gasteiger partial charge in [0.2, 0.25) is 0 Å². The monoisotopic (exact) mass is 222 g/mol. The Balaban J connectivity index is 1.97. The van der Waals surface area contributed by atoms with E-state index in [4.69, 9.17) is 10.5 Å². The molecule has 6 nitrogen and oxygen atoms in total. The highest BCUT2D eigenvalue weighted by Crippen LogP contribution is 2.03. The van der Waals surface area contributed by atoms with Gasteiger partial charge in [0.1, 0.15) is 5.69 Å². The fourth-order valence-electron chi connectivity index (χ4n) is 1.45. The van der Waals surface area contributed by atoms with Gasteiger partial charge in [-0.3, -0.25) is 15.2 Å². The molecule has 1 saturated heterocycles. The lowest BCUT2D eigenvalue weighted by atomic mass is 10.3. The molecule has 1 aromatic heterocycles. The van der Waals surface area contributed by atoms with Crippen molar-refractivity contribution in [3.05, 3.63) is 24.0 Å². The Hall–Kier alpha value is -1.66. The maximum Gasteiger partial charge on any atom is 0.284 e. The Morgan fingerprint density at radius 3 is 2.94 bits per heavy atom. The van der Waals surface area contributed by atoms with Gasteiger partial charge in [0.15, 0.2) is 0 Å². The zero-order chi connectivity index (χ0) is 11.4. The van der Waals surface area contributed by atoms with Crippen LogP contribution in [0.15, 0.2) is 18.3 Å². The van der Waals surface area contributed by atoms with E-state index < -0.39 is 0 Å². The van der Waals surface area contributed by atoms with Crippen molar-refractivity contribution >= 4 is 11.6 Å². The summed E-state index contributed by atoms with van der Waals surface area (Å²) < 4.78 is 5.18. The van der Waals surface area contributed by atoms with Crippen LogP contribution in [0.5, 0.6) is 0 Å². The number of amides is 1. The first-order chi connectivity index (χ1) is 7.75. The number of nitrogens with zero attached hydrogens (tertiary/aromatic N) is 2. The molecule has 0 unspecified atom stereocenters. The number of aromatic nitrogens is 1. The fourth-order valence-corrected chi connectivity index (χ4v) is 1.45. The minimum Gasteiger partial charge on any atom is -0.399 e. The van der Waals surface area contributed by atoms with E-state index in [-0.39, 0.29) is 5.91 Å². The standard InChI is InChI=1S/C10H14N4O2/c11-8-1-2-12-9(7-8)10(15)13-14-3-5-16-6-4-14/h1-2,7H,3-6H2,(H2,11,12)(H,13,15). The number of rotatable bonds is 2. The third kappa shape index (κ3) is 2.68. The quantitative estimate of drug-likeness (QED) is 0.714. The Labute approximate surface area is 93.4 Å². The van der Waals surface area contributed by atoms with E-state index in [1.54, 1.807) is 12.1 Å². The Morgan fingerprint density at radius 2 is 2.25 bits per heavy atom. The lowest BCUT2D eigenvalue weighted by molar-refractivity contribution is 0.0124. The molecule has 0 aliphatic carbocycles. The van der Waals surface area contributed by atoms with E-state index in [9.17, 15) is 4.79 Å². The number of ether oxygens (including phenoxy) is 1. The van der Waals surface area contributed by atoms with E-state index in [0.29, 0.717) is 37.7 Å². The minimum atomic E-state index is -0.241. The van der Waals surface area contributed by atoms with Crippen LogP contribution in [0.1, 0.15) is 10.5 Å². The summed E-state index contributed by atoms with van der Waals surface area (Å²) in [7, 11) is 0. The zero-order valence-electron chi connectivity index (χ0n) is 8.85. The lowest BCUT2D eigenvalue weighted by Gasteiger charge is -2.26. The van der Waals surface area contributed by atoms with Crippen molar-refractivity contribution in [3.63, 3.8) is 0 Å². The van der Waals surface area contributed by atoms with Gasteiger partial charge in [0.25, 0.3) is 5.91 Å². The second-order valence-electron chi connectivity index (χ2n) is 3.51. The van der Waals surface area contributed by atoms with Crippen LogP contribution < -0.4 is 11.2 Å². The molecule has 2 rings (SSSR count). The van der Waals surface area contributed by atoms with Crippen molar-refractivity contribution in [1.29, 1.82) is 0 Å². The first-order valence-corrected chi connectivity index (χ1v) is 5.11. The molecule has 0 saturated carbocycles. The van der Waals surface area contributed by atoms with Gasteiger partial charge in [0.05, 0.1) is 13.2 Å². The van der Waals surface area contributed by atoms with Crippen molar-refractivity contribution in [2.24, 2.45) is 0 Å². The molecule has 0 aromatic carbocycles. The predicted octanol–water partition coefficient (Wildman–Crippen LogP) is -0.359. The van der Waals surface area contributed by atoms with Crippen LogP contribution in [0.25, 0.3) is 0 Å². The van der Waals surface area contributed by atoms with Gasteiger partial charge in [0, 0.05) is 25.0 Å². The number of nitrogens with one attached hydrogen (secondary N) is 1. The Bertz CT molecular complexity index is 377. The molecule has 0 radical (unpaired) electrons. The molecule has 0 atom stereocenters. The third-order valence-corrected chi connectivity index (χ3v) is 2.29. The Kier molecular flexibility index (Phi) is 3.33. The summed E-state index contributed by atoms with van der Waals surface area (Å²) in [4.78, 5) is 15.7. The van der Waals surface area contributed by atoms with Crippen LogP contribution in [0.2, 0.25) is 0 Å². The molecule has 0 spiro atoms. The highest BCUT2D eigenvalue weighted by atomic mass is 16.5.